The van der Waals surface area contributed by atoms with Crippen molar-refractivity contribution in [3.8, 4) is 0 Å². The van der Waals surface area contributed by atoms with Crippen LogP contribution < -0.4 is 0 Å². The van der Waals surface area contributed by atoms with Gasteiger partial charge < -0.3 is 4.90 Å². The number of thiazole rings is 1. The van der Waals surface area contributed by atoms with Crippen molar-refractivity contribution in [3.63, 3.8) is 0 Å². The Morgan fingerprint density at radius 2 is 1.81 bits per heavy atom. The fourth-order valence-electron chi connectivity index (χ4n) is 3.25. The largest absolute Gasteiger partial charge is 0.335 e. The van der Waals surface area contributed by atoms with E-state index in [1.54, 1.807) is 11.0 Å². The van der Waals surface area contributed by atoms with Crippen molar-refractivity contribution in [1.29, 1.82) is 0 Å². The normalized spacial score (nSPS) is 16.1. The van der Waals surface area contributed by atoms with Gasteiger partial charge in [0.1, 0.15) is 4.88 Å². The first-order valence-electron chi connectivity index (χ1n) is 9.06. The number of aryl methyl sites for hydroxylation is 4. The Labute approximate surface area is 168 Å². The van der Waals surface area contributed by atoms with E-state index in [4.69, 9.17) is 0 Å². The van der Waals surface area contributed by atoms with E-state index in [0.717, 1.165) is 33.3 Å². The summed E-state index contributed by atoms with van der Waals surface area (Å²) in [5.41, 5.74) is 0.771. The molecule has 3 rings (SSSR count). The minimum Gasteiger partial charge on any atom is -0.335 e. The molecule has 0 aliphatic carbocycles. The van der Waals surface area contributed by atoms with Gasteiger partial charge in [0.2, 0.25) is 10.0 Å². The highest BCUT2D eigenvalue weighted by Gasteiger charge is 2.33. The zero-order valence-corrected chi connectivity index (χ0v) is 18.6. The van der Waals surface area contributed by atoms with Gasteiger partial charge >= 0.3 is 0 Å². The summed E-state index contributed by atoms with van der Waals surface area (Å²) in [7, 11) is -3.50. The molecule has 0 radical (unpaired) electrons. The molecule has 0 atom stereocenters. The van der Waals surface area contributed by atoms with Gasteiger partial charge in [0.25, 0.3) is 5.91 Å². The molecule has 148 valence electrons. The lowest BCUT2D eigenvalue weighted by atomic mass is 10.3. The number of piperazine rings is 1. The lowest BCUT2D eigenvalue weighted by molar-refractivity contribution is 0.0702. The van der Waals surface area contributed by atoms with E-state index in [0.29, 0.717) is 36.0 Å². The highest BCUT2D eigenvalue weighted by Crippen LogP contribution is 2.29. The molecule has 6 nitrogen and oxygen atoms in total. The maximum Gasteiger partial charge on any atom is 0.265 e. The zero-order valence-electron chi connectivity index (χ0n) is 16.1. The molecule has 1 amide bonds. The van der Waals surface area contributed by atoms with Gasteiger partial charge in [-0.2, -0.15) is 4.31 Å². The topological polar surface area (TPSA) is 70.6 Å². The third-order valence-electron chi connectivity index (χ3n) is 4.64. The summed E-state index contributed by atoms with van der Waals surface area (Å²) in [6, 6.07) is 1.74. The summed E-state index contributed by atoms with van der Waals surface area (Å²) in [5.74, 6) is -0.0352. The highest BCUT2D eigenvalue weighted by atomic mass is 32.2. The fourth-order valence-corrected chi connectivity index (χ4v) is 7.33. The minimum atomic E-state index is -3.50. The van der Waals surface area contributed by atoms with Crippen molar-refractivity contribution >= 4 is 38.6 Å². The molecule has 1 saturated heterocycles. The quantitative estimate of drug-likeness (QED) is 0.735. The van der Waals surface area contributed by atoms with Crippen LogP contribution in [0.4, 0.5) is 0 Å². The standard InChI is InChI=1S/C18H25N3O3S3/c1-5-6-16-19-13(3)17(26-16)18(22)20-7-9-21(10-8-20)27(23,24)15-11-12(2)25-14(15)4/h11H,5-10H2,1-4H3. The van der Waals surface area contributed by atoms with E-state index in [1.165, 1.54) is 27.0 Å². The molecule has 27 heavy (non-hydrogen) atoms. The second-order valence-electron chi connectivity index (χ2n) is 6.75. The molecule has 0 N–H and O–H groups in total. The molecule has 1 fully saturated rings. The van der Waals surface area contributed by atoms with E-state index < -0.39 is 10.0 Å². The van der Waals surface area contributed by atoms with Crippen LogP contribution in [0, 0.1) is 20.8 Å². The lowest BCUT2D eigenvalue weighted by Gasteiger charge is -2.33. The second-order valence-corrected chi connectivity index (χ2v) is 11.2. The highest BCUT2D eigenvalue weighted by molar-refractivity contribution is 7.89. The number of hydrogen-bond acceptors (Lipinski definition) is 6. The number of thiophene rings is 1. The van der Waals surface area contributed by atoms with Crippen LogP contribution in [0.5, 0.6) is 0 Å². The van der Waals surface area contributed by atoms with Gasteiger partial charge in [-0.05, 0) is 39.7 Å². The molecule has 9 heteroatoms. The van der Waals surface area contributed by atoms with E-state index >= 15 is 0 Å². The van der Waals surface area contributed by atoms with E-state index in [1.807, 2.05) is 20.8 Å². The van der Waals surface area contributed by atoms with Gasteiger partial charge in [-0.25, -0.2) is 13.4 Å². The second kappa shape index (κ2) is 7.98. The van der Waals surface area contributed by atoms with Crippen molar-refractivity contribution < 1.29 is 13.2 Å². The molecule has 1 aliphatic heterocycles. The lowest BCUT2D eigenvalue weighted by Crippen LogP contribution is -2.50. The molecule has 1 aliphatic rings. The molecule has 0 bridgehead atoms. The molecule has 0 spiro atoms. The Bertz CT molecular complexity index is 938. The number of sulfonamides is 1. The number of nitrogens with zero attached hydrogens (tertiary/aromatic N) is 3. The maximum absolute atomic E-state index is 12.9. The van der Waals surface area contributed by atoms with Crippen LogP contribution in [0.1, 0.15) is 43.5 Å². The molecular weight excluding hydrogens is 402 g/mol. The van der Waals surface area contributed by atoms with Gasteiger partial charge in [0.05, 0.1) is 15.6 Å². The summed E-state index contributed by atoms with van der Waals surface area (Å²) in [4.78, 5) is 22.0. The van der Waals surface area contributed by atoms with E-state index in [2.05, 4.69) is 11.9 Å². The van der Waals surface area contributed by atoms with Crippen LogP contribution in [0.15, 0.2) is 11.0 Å². The van der Waals surface area contributed by atoms with Crippen LogP contribution in [-0.4, -0.2) is 54.7 Å². The van der Waals surface area contributed by atoms with Crippen LogP contribution in [0.3, 0.4) is 0 Å². The van der Waals surface area contributed by atoms with Gasteiger partial charge in [-0.3, -0.25) is 4.79 Å². The first-order chi connectivity index (χ1) is 12.7. The average Bonchev–Trinajstić information content (AvgIpc) is 3.16. The van der Waals surface area contributed by atoms with Crippen LogP contribution in [-0.2, 0) is 16.4 Å². The van der Waals surface area contributed by atoms with Gasteiger partial charge in [-0.15, -0.1) is 22.7 Å². The Morgan fingerprint density at radius 1 is 1.15 bits per heavy atom. The minimum absolute atomic E-state index is 0.0352. The predicted molar refractivity (Wildman–Crippen MR) is 109 cm³/mol. The molecule has 0 saturated carbocycles. The van der Waals surface area contributed by atoms with Crippen LogP contribution in [0.2, 0.25) is 0 Å². The number of amides is 1. The molecule has 0 aromatic carbocycles. The first kappa shape index (κ1) is 20.4. The van der Waals surface area contributed by atoms with Crippen LogP contribution >= 0.6 is 22.7 Å². The van der Waals surface area contributed by atoms with E-state index in [9.17, 15) is 13.2 Å². The summed E-state index contributed by atoms with van der Waals surface area (Å²) in [5, 5.41) is 0.989. The van der Waals surface area contributed by atoms with Crippen molar-refractivity contribution in [2.45, 2.75) is 45.4 Å². The molecule has 0 unspecified atom stereocenters. The van der Waals surface area contributed by atoms with Crippen molar-refractivity contribution in [3.05, 3.63) is 31.4 Å². The van der Waals surface area contributed by atoms with Gasteiger partial charge in [0, 0.05) is 35.9 Å². The Morgan fingerprint density at radius 3 is 2.37 bits per heavy atom. The summed E-state index contributed by atoms with van der Waals surface area (Å²) >= 11 is 2.96. The fraction of sp³-hybridized carbons (Fsp3) is 0.556. The number of carbonyl (C=O) groups is 1. The molecule has 2 aromatic rings. The van der Waals surface area contributed by atoms with Crippen molar-refractivity contribution in [2.75, 3.05) is 26.2 Å². The Kier molecular flexibility index (Phi) is 6.05. The zero-order chi connectivity index (χ0) is 19.8. The molecule has 2 aromatic heterocycles. The SMILES string of the molecule is CCCc1nc(C)c(C(=O)N2CCN(S(=O)(=O)c3cc(C)sc3C)CC2)s1. The maximum atomic E-state index is 12.9. The van der Waals surface area contributed by atoms with Crippen molar-refractivity contribution in [1.82, 2.24) is 14.2 Å². The number of hydrogen-bond donors (Lipinski definition) is 0. The van der Waals surface area contributed by atoms with Gasteiger partial charge in [-0.1, -0.05) is 6.92 Å². The predicted octanol–water partition coefficient (Wildman–Crippen LogP) is 3.23. The average molecular weight is 428 g/mol. The van der Waals surface area contributed by atoms with Crippen molar-refractivity contribution in [2.24, 2.45) is 0 Å². The smallest absolute Gasteiger partial charge is 0.265 e. The Balaban J connectivity index is 1.70. The van der Waals surface area contributed by atoms with Crippen LogP contribution in [0.25, 0.3) is 0 Å². The number of rotatable bonds is 5. The first-order valence-corrected chi connectivity index (χ1v) is 12.1. The third kappa shape index (κ3) is 4.11. The number of carbonyl (C=O) groups excluding carboxylic acids is 1. The number of aromatic nitrogens is 1. The summed E-state index contributed by atoms with van der Waals surface area (Å²) in [6.07, 6.45) is 1.88. The Hall–Kier alpha value is -1.29. The van der Waals surface area contributed by atoms with Gasteiger partial charge in [0.15, 0.2) is 0 Å². The monoisotopic (exact) mass is 427 g/mol. The summed E-state index contributed by atoms with van der Waals surface area (Å²) in [6.45, 7) is 9.16. The summed E-state index contributed by atoms with van der Waals surface area (Å²) < 4.78 is 27.3. The van der Waals surface area contributed by atoms with E-state index in [-0.39, 0.29) is 5.91 Å². The molecular formula is C18H25N3O3S3. The third-order valence-corrected chi connectivity index (χ3v) is 8.96. The molecule has 3 heterocycles.